The predicted octanol–water partition coefficient (Wildman–Crippen LogP) is 7.28. The molecule has 4 saturated heterocycles. The molecule has 4 heterocycles. The molecular weight excluding hydrogens is 616 g/mol. The highest BCUT2D eigenvalue weighted by atomic mass is 16.9. The Kier molecular flexibility index (Phi) is 13.9. The Balaban J connectivity index is 1.53. The number of ether oxygens (including phenoxy) is 10. The third-order valence-electron chi connectivity index (χ3n) is 12.6. The summed E-state index contributed by atoms with van der Waals surface area (Å²) in [6.45, 7) is 30.9. The Morgan fingerprint density at radius 1 is 0.417 bits per heavy atom. The molecule has 4 rings (SSSR count). The summed E-state index contributed by atoms with van der Waals surface area (Å²) in [6, 6.07) is 0. The number of rotatable bonds is 10. The van der Waals surface area contributed by atoms with Crippen LogP contribution in [0.15, 0.2) is 0 Å². The molecule has 282 valence electrons. The average Bonchev–Trinajstić information content (AvgIpc) is 3.03. The first-order chi connectivity index (χ1) is 22.4. The molecule has 10 heteroatoms. The van der Waals surface area contributed by atoms with Gasteiger partial charge in [0.05, 0.1) is 24.4 Å². The van der Waals surface area contributed by atoms with E-state index in [1.54, 1.807) is 14.2 Å². The molecule has 4 aliphatic rings. The van der Waals surface area contributed by atoms with Crippen LogP contribution in [0.2, 0.25) is 0 Å². The molecule has 0 N–H and O–H groups in total. The molecule has 4 aliphatic heterocycles. The van der Waals surface area contributed by atoms with Crippen LogP contribution in [-0.4, -0.2) is 82.7 Å². The predicted molar refractivity (Wildman–Crippen MR) is 182 cm³/mol. The SMILES string of the molecule is COCC1O[C@H](OC2O[C@H](OC3O[C@H](OC4O[C@H](OC)C(C)[C@@H](C)[C@@H]4C)C(C)[C@@H](C)[C@@H]3C)C(C)[C@@H](OC(C)(C)C)[C@@H]2C)C(C)[C@@H](C)[C@@H]1C. The van der Waals surface area contributed by atoms with Gasteiger partial charge >= 0.3 is 0 Å². The summed E-state index contributed by atoms with van der Waals surface area (Å²) in [4.78, 5) is 0. The van der Waals surface area contributed by atoms with Crippen LogP contribution in [0.5, 0.6) is 0 Å². The van der Waals surface area contributed by atoms with E-state index < -0.39 is 37.7 Å². The first kappa shape index (κ1) is 40.4. The van der Waals surface area contributed by atoms with Crippen molar-refractivity contribution in [2.75, 3.05) is 20.8 Å². The first-order valence-electron chi connectivity index (χ1n) is 18.7. The standard InChI is InChI=1S/C38H70O10/c1-18-21(4)29(17-39-15)41-32(23(18)6)43-36-27(10)30(48-38(12,13)14)28(11)37(47-36)46-35-26(9)20(3)25(8)34(45-35)44-33-24(7)19(2)22(5)31(40-16)42-33/h18-37H,17H2,1-16H3/t18-,19+,20+,21-,22?,23?,24-,25?,26-,27-,28?,29?,30-,31-,32+,33?,34-,35?,36?,37-/m0/s1. The first-order valence-corrected chi connectivity index (χ1v) is 18.7. The third-order valence-corrected chi connectivity index (χ3v) is 12.6. The Bertz CT molecular complexity index is 989. The summed E-state index contributed by atoms with van der Waals surface area (Å²) in [7, 11) is 3.40. The van der Waals surface area contributed by atoms with Gasteiger partial charge in [0.25, 0.3) is 0 Å². The van der Waals surface area contributed by atoms with E-state index in [0.717, 1.165) is 0 Å². The maximum atomic E-state index is 6.83. The second kappa shape index (κ2) is 16.5. The lowest BCUT2D eigenvalue weighted by atomic mass is 9.79. The van der Waals surface area contributed by atoms with E-state index in [4.69, 9.17) is 47.4 Å². The second-order valence-electron chi connectivity index (χ2n) is 16.9. The van der Waals surface area contributed by atoms with Gasteiger partial charge < -0.3 is 47.4 Å². The van der Waals surface area contributed by atoms with E-state index in [9.17, 15) is 0 Å². The summed E-state index contributed by atoms with van der Waals surface area (Å²) in [5, 5.41) is 0. The quantitative estimate of drug-likeness (QED) is 0.234. The van der Waals surface area contributed by atoms with Gasteiger partial charge in [-0.05, 0) is 44.4 Å². The van der Waals surface area contributed by atoms with Crippen LogP contribution in [-0.2, 0) is 47.4 Å². The van der Waals surface area contributed by atoms with E-state index in [1.807, 2.05) is 0 Å². The minimum absolute atomic E-state index is 0.0594. The van der Waals surface area contributed by atoms with E-state index in [-0.39, 0.29) is 71.4 Å². The number of methoxy groups -OCH3 is 2. The maximum absolute atomic E-state index is 6.83. The smallest absolute Gasteiger partial charge is 0.168 e. The molecule has 10 nitrogen and oxygen atoms in total. The zero-order valence-corrected chi connectivity index (χ0v) is 32.8. The van der Waals surface area contributed by atoms with Crippen LogP contribution < -0.4 is 0 Å². The van der Waals surface area contributed by atoms with Gasteiger partial charge in [0.2, 0.25) is 0 Å². The Hall–Kier alpha value is -0.400. The van der Waals surface area contributed by atoms with Crippen LogP contribution in [0.3, 0.4) is 0 Å². The number of hydrogen-bond donors (Lipinski definition) is 0. The molecular formula is C38H70O10. The highest BCUT2D eigenvalue weighted by Crippen LogP contribution is 2.44. The van der Waals surface area contributed by atoms with Crippen molar-refractivity contribution in [1.82, 2.24) is 0 Å². The highest BCUT2D eigenvalue weighted by molar-refractivity contribution is 4.89. The van der Waals surface area contributed by atoms with Crippen LogP contribution in [0, 0.1) is 65.1 Å². The lowest BCUT2D eigenvalue weighted by molar-refractivity contribution is -0.425. The second-order valence-corrected chi connectivity index (χ2v) is 16.9. The van der Waals surface area contributed by atoms with Gasteiger partial charge in [0.15, 0.2) is 44.0 Å². The molecule has 4 fully saturated rings. The summed E-state index contributed by atoms with van der Waals surface area (Å²) in [6.07, 6.45) is -3.81. The Morgan fingerprint density at radius 2 is 0.750 bits per heavy atom. The van der Waals surface area contributed by atoms with Crippen LogP contribution in [0.1, 0.15) is 96.9 Å². The summed E-state index contributed by atoms with van der Waals surface area (Å²) < 4.78 is 64.3. The van der Waals surface area contributed by atoms with E-state index >= 15 is 0 Å². The zero-order chi connectivity index (χ0) is 35.8. The fourth-order valence-electron chi connectivity index (χ4n) is 7.94. The molecule has 0 aromatic rings. The lowest BCUT2D eigenvalue weighted by Crippen LogP contribution is -2.58. The van der Waals surface area contributed by atoms with Crippen molar-refractivity contribution in [3.05, 3.63) is 0 Å². The molecule has 0 aromatic carbocycles. The minimum Gasteiger partial charge on any atom is -0.382 e. The molecule has 0 aliphatic carbocycles. The zero-order valence-electron chi connectivity index (χ0n) is 32.8. The molecule has 20 atom stereocenters. The Labute approximate surface area is 291 Å². The molecule has 0 amide bonds. The largest absolute Gasteiger partial charge is 0.382 e. The van der Waals surface area contributed by atoms with Crippen molar-refractivity contribution >= 4 is 0 Å². The van der Waals surface area contributed by atoms with Crippen molar-refractivity contribution in [2.24, 2.45) is 65.1 Å². The fourth-order valence-corrected chi connectivity index (χ4v) is 7.94. The summed E-state index contributed by atoms with van der Waals surface area (Å²) in [5.74, 6) is 1.98. The van der Waals surface area contributed by atoms with E-state index in [0.29, 0.717) is 24.4 Å². The van der Waals surface area contributed by atoms with Crippen molar-refractivity contribution in [3.8, 4) is 0 Å². The highest BCUT2D eigenvalue weighted by Gasteiger charge is 2.51. The molecule has 0 spiro atoms. The van der Waals surface area contributed by atoms with Crippen LogP contribution >= 0.6 is 0 Å². The van der Waals surface area contributed by atoms with Crippen LogP contribution in [0.25, 0.3) is 0 Å². The van der Waals surface area contributed by atoms with Gasteiger partial charge in [-0.2, -0.15) is 0 Å². The minimum atomic E-state index is -0.638. The van der Waals surface area contributed by atoms with E-state index in [2.05, 4.69) is 96.9 Å². The van der Waals surface area contributed by atoms with Crippen molar-refractivity contribution < 1.29 is 47.4 Å². The summed E-state index contributed by atoms with van der Waals surface area (Å²) >= 11 is 0. The monoisotopic (exact) mass is 686 g/mol. The molecule has 48 heavy (non-hydrogen) atoms. The normalized spacial score (nSPS) is 50.8. The van der Waals surface area contributed by atoms with Gasteiger partial charge in [-0.15, -0.1) is 0 Å². The van der Waals surface area contributed by atoms with Crippen LogP contribution in [0.4, 0.5) is 0 Å². The Morgan fingerprint density at radius 3 is 1.12 bits per heavy atom. The molecule has 0 saturated carbocycles. The lowest BCUT2D eigenvalue weighted by Gasteiger charge is -2.51. The van der Waals surface area contributed by atoms with Gasteiger partial charge in [0.1, 0.15) is 0 Å². The molecule has 0 radical (unpaired) electrons. The summed E-state index contributed by atoms with van der Waals surface area (Å²) in [5.41, 5.74) is -0.370. The maximum Gasteiger partial charge on any atom is 0.168 e. The van der Waals surface area contributed by atoms with Crippen molar-refractivity contribution in [1.29, 1.82) is 0 Å². The van der Waals surface area contributed by atoms with Gasteiger partial charge in [-0.1, -0.05) is 76.2 Å². The number of hydrogen-bond acceptors (Lipinski definition) is 10. The molecule has 8 unspecified atom stereocenters. The average molecular weight is 687 g/mol. The molecule has 0 aromatic heterocycles. The topological polar surface area (TPSA) is 92.3 Å². The third kappa shape index (κ3) is 8.79. The van der Waals surface area contributed by atoms with Gasteiger partial charge in [0, 0.05) is 55.6 Å². The van der Waals surface area contributed by atoms with Crippen molar-refractivity contribution in [2.45, 2.75) is 159 Å². The molecule has 0 bridgehead atoms. The van der Waals surface area contributed by atoms with E-state index in [1.165, 1.54) is 0 Å². The van der Waals surface area contributed by atoms with Gasteiger partial charge in [-0.25, -0.2) is 0 Å². The van der Waals surface area contributed by atoms with Gasteiger partial charge in [-0.3, -0.25) is 0 Å². The fraction of sp³-hybridized carbons (Fsp3) is 1.00. The van der Waals surface area contributed by atoms with Crippen molar-refractivity contribution in [3.63, 3.8) is 0 Å².